The van der Waals surface area contributed by atoms with Crippen molar-refractivity contribution in [1.29, 1.82) is 0 Å². The van der Waals surface area contributed by atoms with Crippen LogP contribution < -0.4 is 11.1 Å². The third kappa shape index (κ3) is 5.90. The van der Waals surface area contributed by atoms with Gasteiger partial charge in [-0.3, -0.25) is 4.79 Å². The van der Waals surface area contributed by atoms with Crippen LogP contribution in [0.5, 0.6) is 0 Å². The van der Waals surface area contributed by atoms with Gasteiger partial charge in [-0.2, -0.15) is 11.8 Å². The highest BCUT2D eigenvalue weighted by Gasteiger charge is 2.14. The zero-order valence-electron chi connectivity index (χ0n) is 8.12. The van der Waals surface area contributed by atoms with E-state index in [0.29, 0.717) is 6.42 Å². The first-order valence-corrected chi connectivity index (χ1v) is 5.67. The van der Waals surface area contributed by atoms with E-state index in [2.05, 4.69) is 5.32 Å². The second-order valence-electron chi connectivity index (χ2n) is 2.98. The number of aliphatic hydroxyl groups is 1. The average Bonchev–Trinajstić information content (AvgIpc) is 2.13. The molecule has 0 fully saturated rings. The Morgan fingerprint density at radius 3 is 2.77 bits per heavy atom. The van der Waals surface area contributed by atoms with Gasteiger partial charge < -0.3 is 16.2 Å². The summed E-state index contributed by atoms with van der Waals surface area (Å²) in [7, 11) is 0. The number of hydrogen-bond acceptors (Lipinski definition) is 4. The summed E-state index contributed by atoms with van der Waals surface area (Å²) in [5.41, 5.74) is 5.60. The van der Waals surface area contributed by atoms with Crippen LogP contribution in [0.25, 0.3) is 0 Å². The van der Waals surface area contributed by atoms with Crippen molar-refractivity contribution in [3.63, 3.8) is 0 Å². The molecule has 0 aromatic rings. The first-order chi connectivity index (χ1) is 6.11. The maximum absolute atomic E-state index is 11.3. The van der Waals surface area contributed by atoms with E-state index in [4.69, 9.17) is 10.8 Å². The van der Waals surface area contributed by atoms with Crippen LogP contribution in [-0.4, -0.2) is 41.7 Å². The normalized spacial score (nSPS) is 15.1. The minimum atomic E-state index is -0.457. The molecular weight excluding hydrogens is 188 g/mol. The minimum Gasteiger partial charge on any atom is -0.394 e. The molecule has 0 spiro atoms. The zero-order chi connectivity index (χ0) is 10.3. The van der Waals surface area contributed by atoms with Gasteiger partial charge in [-0.05, 0) is 25.4 Å². The summed E-state index contributed by atoms with van der Waals surface area (Å²) in [6, 6.07) is -0.672. The van der Waals surface area contributed by atoms with Crippen molar-refractivity contribution in [3.8, 4) is 0 Å². The summed E-state index contributed by atoms with van der Waals surface area (Å²) in [5, 5.41) is 11.3. The molecule has 78 valence electrons. The first-order valence-electron chi connectivity index (χ1n) is 4.27. The lowest BCUT2D eigenvalue weighted by Crippen LogP contribution is -2.45. The number of hydrogen-bond donors (Lipinski definition) is 3. The van der Waals surface area contributed by atoms with Gasteiger partial charge >= 0.3 is 0 Å². The molecule has 0 aromatic carbocycles. The largest absolute Gasteiger partial charge is 0.394 e. The van der Waals surface area contributed by atoms with Crippen LogP contribution >= 0.6 is 11.8 Å². The summed E-state index contributed by atoms with van der Waals surface area (Å²) in [6.07, 6.45) is 2.64. The Morgan fingerprint density at radius 1 is 1.69 bits per heavy atom. The molecule has 0 bridgehead atoms. The van der Waals surface area contributed by atoms with Crippen LogP contribution in [0, 0.1) is 0 Å². The Hall–Kier alpha value is -0.260. The van der Waals surface area contributed by atoms with Crippen LogP contribution in [0.15, 0.2) is 0 Å². The Balaban J connectivity index is 3.68. The van der Waals surface area contributed by atoms with Gasteiger partial charge in [0.2, 0.25) is 5.91 Å². The molecular formula is C8H18N2O2S. The first kappa shape index (κ1) is 12.7. The van der Waals surface area contributed by atoms with Gasteiger partial charge in [-0.1, -0.05) is 0 Å². The molecule has 0 aromatic heterocycles. The predicted molar refractivity (Wildman–Crippen MR) is 55.7 cm³/mol. The van der Waals surface area contributed by atoms with Crippen molar-refractivity contribution in [1.82, 2.24) is 5.32 Å². The Labute approximate surface area is 83.3 Å². The number of amides is 1. The van der Waals surface area contributed by atoms with Gasteiger partial charge in [0.1, 0.15) is 0 Å². The van der Waals surface area contributed by atoms with Gasteiger partial charge in [0, 0.05) is 6.04 Å². The maximum Gasteiger partial charge on any atom is 0.237 e. The summed E-state index contributed by atoms with van der Waals surface area (Å²) in [4.78, 5) is 11.3. The van der Waals surface area contributed by atoms with Gasteiger partial charge in [0.25, 0.3) is 0 Å². The van der Waals surface area contributed by atoms with Crippen LogP contribution in [0.3, 0.4) is 0 Å². The quantitative estimate of drug-likeness (QED) is 0.551. The molecule has 0 rings (SSSR count). The molecule has 0 aliphatic carbocycles. The number of rotatable bonds is 6. The molecule has 13 heavy (non-hydrogen) atoms. The van der Waals surface area contributed by atoms with E-state index in [-0.39, 0.29) is 18.6 Å². The third-order valence-corrected chi connectivity index (χ3v) is 2.28. The number of aliphatic hydroxyl groups excluding tert-OH is 1. The lowest BCUT2D eigenvalue weighted by atomic mass is 10.2. The van der Waals surface area contributed by atoms with E-state index < -0.39 is 6.04 Å². The number of carbonyl (C=O) groups is 1. The van der Waals surface area contributed by atoms with Crippen molar-refractivity contribution in [2.75, 3.05) is 18.6 Å². The molecule has 0 aliphatic rings. The highest BCUT2D eigenvalue weighted by Crippen LogP contribution is 1.98. The standard InChI is InChI=1S/C8H18N2O2S/c1-6(5-11)10-8(12)7(9)3-4-13-2/h6-7,11H,3-5,9H2,1-2H3,(H,10,12)/t6-,7-/m1/s1. The Bertz CT molecular complexity index is 155. The summed E-state index contributed by atoms with van der Waals surface area (Å²) in [6.45, 7) is 1.68. The topological polar surface area (TPSA) is 75.4 Å². The van der Waals surface area contributed by atoms with Gasteiger partial charge in [-0.25, -0.2) is 0 Å². The zero-order valence-corrected chi connectivity index (χ0v) is 8.93. The van der Waals surface area contributed by atoms with E-state index in [1.54, 1.807) is 18.7 Å². The smallest absolute Gasteiger partial charge is 0.237 e. The highest BCUT2D eigenvalue weighted by atomic mass is 32.2. The van der Waals surface area contributed by atoms with Crippen molar-refractivity contribution in [2.24, 2.45) is 5.73 Å². The summed E-state index contributed by atoms with van der Waals surface area (Å²) in [5.74, 6) is 0.692. The molecule has 1 amide bonds. The van der Waals surface area contributed by atoms with Gasteiger partial charge in [-0.15, -0.1) is 0 Å². The van der Waals surface area contributed by atoms with Gasteiger partial charge in [0.15, 0.2) is 0 Å². The fourth-order valence-electron chi connectivity index (χ4n) is 0.771. The molecule has 5 heteroatoms. The number of carbonyl (C=O) groups excluding carboxylic acids is 1. The number of thioether (sulfide) groups is 1. The van der Waals surface area contributed by atoms with Crippen molar-refractivity contribution < 1.29 is 9.90 Å². The number of nitrogens with two attached hydrogens (primary N) is 1. The molecule has 0 aliphatic heterocycles. The van der Waals surface area contributed by atoms with Crippen LogP contribution in [0.2, 0.25) is 0 Å². The highest BCUT2D eigenvalue weighted by molar-refractivity contribution is 7.98. The molecule has 0 saturated heterocycles. The van der Waals surface area contributed by atoms with E-state index in [9.17, 15) is 4.79 Å². The van der Waals surface area contributed by atoms with Crippen LogP contribution in [0.1, 0.15) is 13.3 Å². The summed E-state index contributed by atoms with van der Waals surface area (Å²) < 4.78 is 0. The lowest BCUT2D eigenvalue weighted by Gasteiger charge is -2.15. The molecule has 4 N–H and O–H groups in total. The molecule has 0 heterocycles. The van der Waals surface area contributed by atoms with Gasteiger partial charge in [0.05, 0.1) is 12.6 Å². The minimum absolute atomic E-state index is 0.0546. The maximum atomic E-state index is 11.3. The Kier molecular flexibility index (Phi) is 7.03. The van der Waals surface area contributed by atoms with Crippen molar-refractivity contribution >= 4 is 17.7 Å². The lowest BCUT2D eigenvalue weighted by molar-refractivity contribution is -0.123. The molecule has 4 nitrogen and oxygen atoms in total. The second-order valence-corrected chi connectivity index (χ2v) is 3.97. The second kappa shape index (κ2) is 7.17. The molecule has 2 atom stereocenters. The van der Waals surface area contributed by atoms with E-state index in [1.807, 2.05) is 6.26 Å². The van der Waals surface area contributed by atoms with E-state index in [0.717, 1.165) is 5.75 Å². The van der Waals surface area contributed by atoms with E-state index >= 15 is 0 Å². The summed E-state index contributed by atoms with van der Waals surface area (Å²) >= 11 is 1.66. The SMILES string of the molecule is CSCC[C@@H](N)C(=O)N[C@H](C)CO. The third-order valence-electron chi connectivity index (χ3n) is 1.63. The van der Waals surface area contributed by atoms with Crippen molar-refractivity contribution in [2.45, 2.75) is 25.4 Å². The van der Waals surface area contributed by atoms with Crippen molar-refractivity contribution in [3.05, 3.63) is 0 Å². The fraction of sp³-hybridized carbons (Fsp3) is 0.875. The monoisotopic (exact) mass is 206 g/mol. The Morgan fingerprint density at radius 2 is 2.31 bits per heavy atom. The molecule has 0 unspecified atom stereocenters. The van der Waals surface area contributed by atoms with Crippen LogP contribution in [-0.2, 0) is 4.79 Å². The predicted octanol–water partition coefficient (Wildman–Crippen LogP) is -0.436. The average molecular weight is 206 g/mol. The fourth-order valence-corrected chi connectivity index (χ4v) is 1.26. The van der Waals surface area contributed by atoms with E-state index in [1.165, 1.54) is 0 Å². The van der Waals surface area contributed by atoms with Crippen LogP contribution in [0.4, 0.5) is 0 Å². The molecule has 0 saturated carbocycles. The number of nitrogens with one attached hydrogen (secondary N) is 1. The molecule has 0 radical (unpaired) electrons.